The summed E-state index contributed by atoms with van der Waals surface area (Å²) < 4.78 is 54.1. The lowest BCUT2D eigenvalue weighted by molar-refractivity contribution is -0.357. The molecule has 44 heavy (non-hydrogen) atoms. The van der Waals surface area contributed by atoms with Crippen molar-refractivity contribution in [3.63, 3.8) is 0 Å². The van der Waals surface area contributed by atoms with E-state index in [-0.39, 0.29) is 0 Å². The van der Waals surface area contributed by atoms with Crippen LogP contribution in [0.1, 0.15) is 48.5 Å². The summed E-state index contributed by atoms with van der Waals surface area (Å²) >= 11 is 0. The Morgan fingerprint density at radius 2 is 0.841 bits per heavy atom. The number of aliphatic hydroxyl groups is 1. The number of carbonyl (C=O) groups is 7. The molecule has 2 heterocycles. The Balaban J connectivity index is 2.66. The number of carbonyl (C=O) groups excluding carboxylic acids is 7. The molecule has 0 amide bonds. The molecule has 0 unspecified atom stereocenters. The van der Waals surface area contributed by atoms with Crippen LogP contribution in [0.2, 0.25) is 0 Å². The Bertz CT molecular complexity index is 1090. The molecule has 0 bridgehead atoms. The van der Waals surface area contributed by atoms with Gasteiger partial charge >= 0.3 is 41.8 Å². The summed E-state index contributed by atoms with van der Waals surface area (Å²) in [6.07, 6.45) is -16.3. The van der Waals surface area contributed by atoms with Gasteiger partial charge in [0.1, 0.15) is 31.5 Å². The van der Waals surface area contributed by atoms with Gasteiger partial charge in [-0.1, -0.05) is 0 Å². The Morgan fingerprint density at radius 3 is 1.27 bits per heavy atom. The molecule has 2 aliphatic rings. The van der Waals surface area contributed by atoms with Gasteiger partial charge in [0, 0.05) is 48.5 Å². The number of rotatable bonds is 11. The number of esters is 7. The molecule has 10 atom stereocenters. The smallest absolute Gasteiger partial charge is 0.303 e. The minimum absolute atomic E-state index is 0.572. The van der Waals surface area contributed by atoms with Crippen LogP contribution in [0.25, 0.3) is 0 Å². The molecule has 0 aromatic rings. The van der Waals surface area contributed by atoms with Crippen LogP contribution in [0, 0.1) is 0 Å². The number of hydrogen-bond donors (Lipinski definition) is 1. The lowest BCUT2D eigenvalue weighted by Gasteiger charge is -2.48. The highest BCUT2D eigenvalue weighted by Gasteiger charge is 2.57. The van der Waals surface area contributed by atoms with E-state index in [1.165, 1.54) is 0 Å². The molecule has 0 spiro atoms. The van der Waals surface area contributed by atoms with E-state index in [2.05, 4.69) is 0 Å². The minimum Gasteiger partial charge on any atom is -0.463 e. The fraction of sp³-hybridized carbons (Fsp3) is 0.731. The van der Waals surface area contributed by atoms with Gasteiger partial charge in [-0.25, -0.2) is 0 Å². The third-order valence-electron chi connectivity index (χ3n) is 5.90. The van der Waals surface area contributed by atoms with Crippen molar-refractivity contribution in [1.29, 1.82) is 0 Å². The lowest BCUT2D eigenvalue weighted by atomic mass is 9.96. The van der Waals surface area contributed by atoms with E-state index in [0.717, 1.165) is 48.5 Å². The van der Waals surface area contributed by atoms with E-state index < -0.39 is 116 Å². The summed E-state index contributed by atoms with van der Waals surface area (Å²) in [5.41, 5.74) is 0. The van der Waals surface area contributed by atoms with Crippen LogP contribution in [0.3, 0.4) is 0 Å². The summed E-state index contributed by atoms with van der Waals surface area (Å²) in [7, 11) is 0. The molecule has 18 heteroatoms. The molecule has 0 aromatic heterocycles. The van der Waals surface area contributed by atoms with Crippen molar-refractivity contribution in [3.05, 3.63) is 0 Å². The molecule has 1 N–H and O–H groups in total. The second-order valence-corrected chi connectivity index (χ2v) is 9.68. The third-order valence-corrected chi connectivity index (χ3v) is 5.90. The lowest BCUT2D eigenvalue weighted by Crippen LogP contribution is -2.67. The van der Waals surface area contributed by atoms with Gasteiger partial charge in [-0.3, -0.25) is 33.6 Å². The molecule has 2 aliphatic heterocycles. The van der Waals surface area contributed by atoms with E-state index in [1.807, 2.05) is 0 Å². The molecule has 0 saturated carbocycles. The van der Waals surface area contributed by atoms with Crippen molar-refractivity contribution in [1.82, 2.24) is 0 Å². The Morgan fingerprint density at radius 1 is 0.477 bits per heavy atom. The van der Waals surface area contributed by atoms with Crippen LogP contribution < -0.4 is 0 Å². The Kier molecular flexibility index (Phi) is 13.4. The Hall–Kier alpha value is -3.87. The topological polar surface area (TPSA) is 232 Å². The molecule has 0 aromatic carbocycles. The van der Waals surface area contributed by atoms with Gasteiger partial charge in [0.25, 0.3) is 0 Å². The zero-order valence-corrected chi connectivity index (χ0v) is 25.1. The predicted molar refractivity (Wildman–Crippen MR) is 135 cm³/mol. The van der Waals surface area contributed by atoms with Crippen molar-refractivity contribution in [2.24, 2.45) is 0 Å². The minimum atomic E-state index is -1.90. The van der Waals surface area contributed by atoms with Crippen molar-refractivity contribution in [2.45, 2.75) is 110 Å². The predicted octanol–water partition coefficient (Wildman–Crippen LogP) is -1.40. The van der Waals surface area contributed by atoms with Gasteiger partial charge < -0.3 is 52.5 Å². The highest BCUT2D eigenvalue weighted by molar-refractivity contribution is 5.69. The van der Waals surface area contributed by atoms with Crippen molar-refractivity contribution >= 4 is 41.8 Å². The van der Waals surface area contributed by atoms with Gasteiger partial charge in [0.15, 0.2) is 43.1 Å². The molecule has 2 fully saturated rings. The number of hydrogen-bond acceptors (Lipinski definition) is 18. The summed E-state index contributed by atoms with van der Waals surface area (Å²) in [6, 6.07) is 0. The molecule has 0 radical (unpaired) electrons. The third kappa shape index (κ3) is 10.7. The van der Waals surface area contributed by atoms with Crippen LogP contribution in [-0.2, 0) is 80.9 Å². The maximum atomic E-state index is 12.2. The average Bonchev–Trinajstić information content (AvgIpc) is 2.87. The van der Waals surface area contributed by atoms with E-state index in [4.69, 9.17) is 47.4 Å². The monoisotopic (exact) mass is 636 g/mol. The Labute approximate surface area is 251 Å². The number of aliphatic hydroxyl groups excluding tert-OH is 1. The summed E-state index contributed by atoms with van der Waals surface area (Å²) in [6.45, 7) is 6.11. The summed E-state index contributed by atoms with van der Waals surface area (Å²) in [5.74, 6) is -6.03. The van der Waals surface area contributed by atoms with Crippen LogP contribution in [-0.4, -0.2) is 122 Å². The zero-order chi connectivity index (χ0) is 33.3. The first-order valence-electron chi connectivity index (χ1n) is 13.3. The highest BCUT2D eigenvalue weighted by Crippen LogP contribution is 2.34. The van der Waals surface area contributed by atoms with Crippen molar-refractivity contribution in [2.75, 3.05) is 13.2 Å². The molecular weight excluding hydrogens is 600 g/mol. The maximum Gasteiger partial charge on any atom is 0.303 e. The highest BCUT2D eigenvalue weighted by atomic mass is 16.8. The standard InChI is InChI=1S/C26H36O18/c1-10(27)35-8-17-20(21(38-13(4)30)23(25(34)42-17)40-15(6)32)44-26-24(41-16(7)33)22(39-14(5)31)19(37-12(3)29)18(43-26)9-36-11(2)28/h17-26,34H,8-9H2,1-7H3/t17-,18-,19-,20-,21-,22+,23-,24-,25-,26+/m1/s1. The van der Waals surface area contributed by atoms with Crippen LogP contribution >= 0.6 is 0 Å². The molecule has 2 rings (SSSR count). The second kappa shape index (κ2) is 16.3. The first-order chi connectivity index (χ1) is 20.5. The van der Waals surface area contributed by atoms with Crippen molar-refractivity contribution in [3.8, 4) is 0 Å². The average molecular weight is 637 g/mol. The fourth-order valence-electron chi connectivity index (χ4n) is 4.49. The quantitative estimate of drug-likeness (QED) is 0.203. The van der Waals surface area contributed by atoms with Gasteiger partial charge in [0.2, 0.25) is 0 Å². The zero-order valence-electron chi connectivity index (χ0n) is 25.1. The van der Waals surface area contributed by atoms with E-state index in [1.54, 1.807) is 0 Å². The SMILES string of the molecule is CC(=O)OC[C@H]1O[C@@H](O[C@H]2[C@@H](OC(C)=O)[C@@H](OC(C)=O)[C@H](O)O[C@@H]2COC(C)=O)[C@H](OC(C)=O)[C@@H](OC(C)=O)[C@@H]1OC(C)=O. The molecular formula is C26H36O18. The van der Waals surface area contributed by atoms with Crippen LogP contribution in [0.4, 0.5) is 0 Å². The van der Waals surface area contributed by atoms with Crippen LogP contribution in [0.15, 0.2) is 0 Å². The van der Waals surface area contributed by atoms with E-state index in [9.17, 15) is 38.7 Å². The summed E-state index contributed by atoms with van der Waals surface area (Å²) in [4.78, 5) is 83.5. The van der Waals surface area contributed by atoms with Gasteiger partial charge in [-0.15, -0.1) is 0 Å². The molecule has 0 aliphatic carbocycles. The van der Waals surface area contributed by atoms with E-state index in [0.29, 0.717) is 0 Å². The normalized spacial score (nSPS) is 31.5. The van der Waals surface area contributed by atoms with Gasteiger partial charge in [-0.2, -0.15) is 0 Å². The van der Waals surface area contributed by atoms with Crippen molar-refractivity contribution < 1.29 is 86.0 Å². The van der Waals surface area contributed by atoms with E-state index >= 15 is 0 Å². The number of ether oxygens (including phenoxy) is 10. The van der Waals surface area contributed by atoms with Gasteiger partial charge in [0.05, 0.1) is 0 Å². The second-order valence-electron chi connectivity index (χ2n) is 9.68. The first kappa shape index (κ1) is 36.3. The fourth-order valence-corrected chi connectivity index (χ4v) is 4.49. The largest absolute Gasteiger partial charge is 0.463 e. The van der Waals surface area contributed by atoms with Gasteiger partial charge in [-0.05, 0) is 0 Å². The molecule has 248 valence electrons. The molecule has 18 nitrogen and oxygen atoms in total. The van der Waals surface area contributed by atoms with Crippen LogP contribution in [0.5, 0.6) is 0 Å². The first-order valence-corrected chi connectivity index (χ1v) is 13.3. The maximum absolute atomic E-state index is 12.2. The molecule has 2 saturated heterocycles. The summed E-state index contributed by atoms with van der Waals surface area (Å²) in [5, 5.41) is 10.6.